The second-order valence-corrected chi connectivity index (χ2v) is 8.64. The number of nitrogens with two attached hydrogens (primary N) is 1. The second-order valence-electron chi connectivity index (χ2n) is 8.64. The molecule has 5 rings (SSSR count). The van der Waals surface area contributed by atoms with Gasteiger partial charge in [0.2, 0.25) is 5.88 Å². The SMILES string of the molecule is CN=C(C=C(N)C1CC1)N(C)c1nc(C)nc2[nH]c3cc(-c4c(C)noc4C)c(OC)nc3c12. The number of aryl methyl sites for hydroxylation is 3. The average Bonchev–Trinajstić information content (AvgIpc) is 3.54. The number of allylic oxidation sites excluding steroid dienone is 1. The summed E-state index contributed by atoms with van der Waals surface area (Å²) in [5.41, 5.74) is 11.8. The summed E-state index contributed by atoms with van der Waals surface area (Å²) in [4.78, 5) is 24.1. The van der Waals surface area contributed by atoms with Gasteiger partial charge in [0, 0.05) is 19.8 Å². The first-order valence-corrected chi connectivity index (χ1v) is 11.2. The average molecular weight is 461 g/mol. The highest BCUT2D eigenvalue weighted by Gasteiger charge is 2.26. The van der Waals surface area contributed by atoms with Gasteiger partial charge >= 0.3 is 0 Å². The molecule has 176 valence electrons. The van der Waals surface area contributed by atoms with E-state index in [2.05, 4.69) is 20.1 Å². The number of nitrogens with one attached hydrogen (secondary N) is 1. The normalized spacial score (nSPS) is 14.9. The van der Waals surface area contributed by atoms with Crippen LogP contribution < -0.4 is 15.4 Å². The molecule has 1 aliphatic carbocycles. The van der Waals surface area contributed by atoms with Crippen molar-refractivity contribution in [3.05, 3.63) is 35.1 Å². The number of methoxy groups -OCH3 is 1. The lowest BCUT2D eigenvalue weighted by atomic mass is 10.0. The predicted molar refractivity (Wildman–Crippen MR) is 132 cm³/mol. The molecule has 10 heteroatoms. The van der Waals surface area contributed by atoms with Gasteiger partial charge in [0.25, 0.3) is 0 Å². The monoisotopic (exact) mass is 460 g/mol. The van der Waals surface area contributed by atoms with E-state index in [1.165, 1.54) is 0 Å². The number of likely N-dealkylation sites (N-methyl/N-ethyl adjacent to an activating group) is 1. The Labute approximate surface area is 196 Å². The van der Waals surface area contributed by atoms with Gasteiger partial charge in [-0.1, -0.05) is 5.16 Å². The zero-order valence-electron chi connectivity index (χ0n) is 20.2. The summed E-state index contributed by atoms with van der Waals surface area (Å²) in [5, 5.41) is 4.87. The highest BCUT2D eigenvalue weighted by atomic mass is 16.5. The van der Waals surface area contributed by atoms with Crippen molar-refractivity contribution >= 4 is 33.7 Å². The number of ether oxygens (including phenoxy) is 1. The van der Waals surface area contributed by atoms with Crippen molar-refractivity contribution in [3.8, 4) is 17.0 Å². The Hall–Kier alpha value is -3.95. The molecule has 0 spiro atoms. The lowest BCUT2D eigenvalue weighted by Gasteiger charge is -2.20. The summed E-state index contributed by atoms with van der Waals surface area (Å²) < 4.78 is 11.1. The topological polar surface area (TPSA) is 131 Å². The number of aromatic nitrogens is 5. The van der Waals surface area contributed by atoms with Crippen LogP contribution in [0.15, 0.2) is 27.4 Å². The molecule has 1 aliphatic rings. The number of rotatable bonds is 5. The first-order valence-electron chi connectivity index (χ1n) is 11.2. The zero-order valence-corrected chi connectivity index (χ0v) is 20.2. The second kappa shape index (κ2) is 8.12. The van der Waals surface area contributed by atoms with Crippen LogP contribution in [0.25, 0.3) is 33.2 Å². The Morgan fingerprint density at radius 1 is 1.26 bits per heavy atom. The van der Waals surface area contributed by atoms with Crippen molar-refractivity contribution in [2.75, 3.05) is 26.1 Å². The van der Waals surface area contributed by atoms with Gasteiger partial charge in [-0.3, -0.25) is 4.99 Å². The highest BCUT2D eigenvalue weighted by Crippen LogP contribution is 2.39. The number of pyridine rings is 1. The minimum absolute atomic E-state index is 0.444. The molecule has 0 atom stereocenters. The molecule has 10 nitrogen and oxygen atoms in total. The van der Waals surface area contributed by atoms with Gasteiger partial charge in [0.1, 0.15) is 34.4 Å². The predicted octanol–water partition coefficient (Wildman–Crippen LogP) is 3.81. The van der Waals surface area contributed by atoms with Crippen LogP contribution >= 0.6 is 0 Å². The minimum atomic E-state index is 0.444. The molecule has 4 heterocycles. The number of H-pyrrole nitrogens is 1. The number of anilines is 1. The van der Waals surface area contributed by atoms with E-state index in [-0.39, 0.29) is 0 Å². The van der Waals surface area contributed by atoms with Crippen LogP contribution in [0.5, 0.6) is 5.88 Å². The van der Waals surface area contributed by atoms with Crippen LogP contribution in [0.1, 0.15) is 30.1 Å². The molecule has 0 bridgehead atoms. The van der Waals surface area contributed by atoms with Crippen LogP contribution in [0.3, 0.4) is 0 Å². The molecule has 3 N–H and O–H groups in total. The Morgan fingerprint density at radius 3 is 2.65 bits per heavy atom. The number of aromatic amines is 1. The van der Waals surface area contributed by atoms with Gasteiger partial charge in [0.15, 0.2) is 0 Å². The maximum atomic E-state index is 6.28. The standard InChI is InChI=1S/C24H28N8O2/c1-11-19(12(2)34-31-11)15-9-17-21(30-24(15)33-6)20-22(29-17)27-13(3)28-23(20)32(5)18(26-4)10-16(25)14-7-8-14/h9-10,14H,7-8,25H2,1-6H3,(H,27,28,29). The molecule has 4 aromatic rings. The highest BCUT2D eigenvalue weighted by molar-refractivity contribution is 6.15. The fourth-order valence-corrected chi connectivity index (χ4v) is 4.32. The summed E-state index contributed by atoms with van der Waals surface area (Å²) in [7, 11) is 5.28. The van der Waals surface area contributed by atoms with Crippen molar-refractivity contribution in [2.45, 2.75) is 33.6 Å². The largest absolute Gasteiger partial charge is 0.481 e. The van der Waals surface area contributed by atoms with Gasteiger partial charge < -0.3 is 24.9 Å². The molecular weight excluding hydrogens is 432 g/mol. The third-order valence-electron chi connectivity index (χ3n) is 6.21. The maximum Gasteiger partial charge on any atom is 0.221 e. The van der Waals surface area contributed by atoms with E-state index in [1.54, 1.807) is 14.2 Å². The zero-order chi connectivity index (χ0) is 24.1. The summed E-state index contributed by atoms with van der Waals surface area (Å²) in [6, 6.07) is 1.99. The first kappa shape index (κ1) is 21.9. The summed E-state index contributed by atoms with van der Waals surface area (Å²) >= 11 is 0. The van der Waals surface area contributed by atoms with E-state index in [0.29, 0.717) is 40.4 Å². The number of hydrogen-bond acceptors (Lipinski definition) is 8. The summed E-state index contributed by atoms with van der Waals surface area (Å²) in [6.07, 6.45) is 4.18. The molecule has 34 heavy (non-hydrogen) atoms. The molecule has 0 unspecified atom stereocenters. The molecule has 0 aliphatic heterocycles. The van der Waals surface area contributed by atoms with Gasteiger partial charge in [-0.25, -0.2) is 15.0 Å². The maximum absolute atomic E-state index is 6.28. The number of nitrogens with zero attached hydrogens (tertiary/aromatic N) is 6. The van der Waals surface area contributed by atoms with Crippen LogP contribution in [0.2, 0.25) is 0 Å². The first-order chi connectivity index (χ1) is 16.3. The quantitative estimate of drug-likeness (QED) is 0.339. The minimum Gasteiger partial charge on any atom is -0.481 e. The number of hydrogen-bond donors (Lipinski definition) is 2. The lowest BCUT2D eigenvalue weighted by Crippen LogP contribution is -2.27. The summed E-state index contributed by atoms with van der Waals surface area (Å²) in [5.74, 6) is 3.66. The van der Waals surface area contributed by atoms with Crippen molar-refractivity contribution in [3.63, 3.8) is 0 Å². The molecule has 0 amide bonds. The van der Waals surface area contributed by atoms with E-state index >= 15 is 0 Å². The Morgan fingerprint density at radius 2 is 2.03 bits per heavy atom. The van der Waals surface area contributed by atoms with E-state index in [1.807, 2.05) is 44.9 Å². The van der Waals surface area contributed by atoms with Crippen LogP contribution in [-0.4, -0.2) is 52.1 Å². The Bertz CT molecular complexity index is 1460. The Kier molecular flexibility index (Phi) is 5.22. The van der Waals surface area contributed by atoms with Crippen molar-refractivity contribution in [2.24, 2.45) is 16.6 Å². The van der Waals surface area contributed by atoms with Gasteiger partial charge in [-0.05, 0) is 51.7 Å². The molecule has 0 radical (unpaired) electrons. The van der Waals surface area contributed by atoms with E-state index < -0.39 is 0 Å². The molecule has 0 aromatic carbocycles. The molecule has 1 fully saturated rings. The Balaban J connectivity index is 1.72. The van der Waals surface area contributed by atoms with Crippen molar-refractivity contribution in [1.29, 1.82) is 0 Å². The molecular formula is C24H28N8O2. The third-order valence-corrected chi connectivity index (χ3v) is 6.21. The number of fused-ring (bicyclic) bond motifs is 3. The van der Waals surface area contributed by atoms with E-state index in [9.17, 15) is 0 Å². The van der Waals surface area contributed by atoms with Crippen LogP contribution in [-0.2, 0) is 0 Å². The van der Waals surface area contributed by atoms with E-state index in [4.69, 9.17) is 25.0 Å². The van der Waals surface area contributed by atoms with Crippen LogP contribution in [0.4, 0.5) is 5.82 Å². The van der Waals surface area contributed by atoms with Crippen molar-refractivity contribution in [1.82, 2.24) is 25.1 Å². The lowest BCUT2D eigenvalue weighted by molar-refractivity contribution is 0.392. The summed E-state index contributed by atoms with van der Waals surface area (Å²) in [6.45, 7) is 5.64. The smallest absolute Gasteiger partial charge is 0.221 e. The molecule has 4 aromatic heterocycles. The number of amidine groups is 1. The fraction of sp³-hybridized carbons (Fsp3) is 0.375. The van der Waals surface area contributed by atoms with Crippen LogP contribution in [0, 0.1) is 26.7 Å². The van der Waals surface area contributed by atoms with Gasteiger partial charge in [-0.15, -0.1) is 0 Å². The van der Waals surface area contributed by atoms with E-state index in [0.717, 1.165) is 52.1 Å². The third kappa shape index (κ3) is 3.55. The van der Waals surface area contributed by atoms with Gasteiger partial charge in [0.05, 0.1) is 34.8 Å². The van der Waals surface area contributed by atoms with Crippen molar-refractivity contribution < 1.29 is 9.26 Å². The van der Waals surface area contributed by atoms with Gasteiger partial charge in [-0.2, -0.15) is 0 Å². The number of aliphatic imine (C=N–C) groups is 1. The fourth-order valence-electron chi connectivity index (χ4n) is 4.32. The molecule has 0 saturated heterocycles. The molecule has 1 saturated carbocycles.